The average molecular weight is 270 g/mol. The van der Waals surface area contributed by atoms with Crippen molar-refractivity contribution in [2.75, 3.05) is 0 Å². The van der Waals surface area contributed by atoms with Crippen LogP contribution in [0.2, 0.25) is 0 Å². The van der Waals surface area contributed by atoms with E-state index in [-0.39, 0.29) is 19.5 Å². The third-order valence-electron chi connectivity index (χ3n) is 2.35. The van der Waals surface area contributed by atoms with Crippen LogP contribution in [0.25, 0.3) is 0 Å². The predicted octanol–water partition coefficient (Wildman–Crippen LogP) is 4.74. The molecule has 0 saturated heterocycles. The first-order valence-electron chi connectivity index (χ1n) is 5.71. The Morgan fingerprint density at radius 3 is 1.46 bits per heavy atom. The molecule has 0 bridgehead atoms. The molecule has 0 rings (SSSR count). The Morgan fingerprint density at radius 2 is 1.08 bits per heavy atom. The molecule has 0 nitrogen and oxygen atoms in total. The molecule has 0 aromatic rings. The summed E-state index contributed by atoms with van der Waals surface area (Å²) in [6.45, 7) is 6.12. The molecule has 0 aromatic heterocycles. The van der Waals surface area contributed by atoms with E-state index in [0.717, 1.165) is 6.42 Å². The van der Waals surface area contributed by atoms with Gasteiger partial charge in [-0.2, -0.15) is 6.42 Å². The minimum Gasteiger partial charge on any atom is -0.343 e. The number of hydrogen-bond acceptors (Lipinski definition) is 0. The van der Waals surface area contributed by atoms with Gasteiger partial charge in [0.2, 0.25) is 0 Å². The normalized spacial score (nSPS) is 9.69. The zero-order valence-corrected chi connectivity index (χ0v) is 10.9. The minimum absolute atomic E-state index is 0. The molecule has 13 heavy (non-hydrogen) atoms. The zero-order valence-electron chi connectivity index (χ0n) is 9.13. The summed E-state index contributed by atoms with van der Waals surface area (Å²) in [4.78, 5) is 0. The van der Waals surface area contributed by atoms with Crippen molar-refractivity contribution < 1.29 is 19.5 Å². The molecule has 0 spiro atoms. The van der Waals surface area contributed by atoms with Crippen molar-refractivity contribution in [2.24, 2.45) is 0 Å². The smallest absolute Gasteiger partial charge is 0.343 e. The van der Waals surface area contributed by atoms with Crippen molar-refractivity contribution in [3.8, 4) is 0 Å². The van der Waals surface area contributed by atoms with Gasteiger partial charge >= 0.3 is 19.5 Å². The van der Waals surface area contributed by atoms with E-state index in [1.807, 2.05) is 0 Å². The molecule has 0 heterocycles. The van der Waals surface area contributed by atoms with Gasteiger partial charge in [-0.1, -0.05) is 64.7 Å². The van der Waals surface area contributed by atoms with E-state index in [1.165, 1.54) is 57.8 Å². The largest absolute Gasteiger partial charge is 1.00 e. The third kappa shape index (κ3) is 15.4. The summed E-state index contributed by atoms with van der Waals surface area (Å²) >= 11 is 0. The summed E-state index contributed by atoms with van der Waals surface area (Å²) < 4.78 is 0. The molecule has 0 aliphatic carbocycles. The molecule has 0 unspecified atom stereocenters. The second-order valence-electron chi connectivity index (χ2n) is 3.68. The van der Waals surface area contributed by atoms with Crippen molar-refractivity contribution >= 4 is 0 Å². The molecule has 0 saturated carbocycles. The van der Waals surface area contributed by atoms with Gasteiger partial charge in [0.15, 0.2) is 0 Å². The van der Waals surface area contributed by atoms with Crippen molar-refractivity contribution in [1.29, 1.82) is 0 Å². The minimum atomic E-state index is 0. The van der Waals surface area contributed by atoms with Crippen molar-refractivity contribution in [2.45, 2.75) is 71.1 Å². The van der Waals surface area contributed by atoms with E-state index in [9.17, 15) is 0 Å². The van der Waals surface area contributed by atoms with E-state index in [1.54, 1.807) is 0 Å². The van der Waals surface area contributed by atoms with Crippen LogP contribution < -0.4 is 0 Å². The molecular formula is C12H25Ru. The summed E-state index contributed by atoms with van der Waals surface area (Å²) in [7, 11) is 0. The molecule has 81 valence electrons. The van der Waals surface area contributed by atoms with E-state index in [0.29, 0.717) is 0 Å². The SMILES string of the molecule is [CH2-]CCCCCCCCCCC.[Ru+]. The van der Waals surface area contributed by atoms with Crippen LogP contribution in [0.4, 0.5) is 0 Å². The first kappa shape index (κ1) is 16.1. The van der Waals surface area contributed by atoms with E-state index in [4.69, 9.17) is 0 Å². The first-order valence-corrected chi connectivity index (χ1v) is 5.71. The molecule has 1 heteroatoms. The quantitative estimate of drug-likeness (QED) is 0.322. The number of rotatable bonds is 9. The van der Waals surface area contributed by atoms with Crippen LogP contribution in [0.3, 0.4) is 0 Å². The Bertz CT molecular complexity index is 61.5. The van der Waals surface area contributed by atoms with Crippen LogP contribution in [-0.2, 0) is 19.5 Å². The summed E-state index contributed by atoms with van der Waals surface area (Å²) in [5.41, 5.74) is 0. The van der Waals surface area contributed by atoms with Gasteiger partial charge in [-0.05, 0) is 0 Å². The molecule has 0 aliphatic heterocycles. The molecule has 1 radical (unpaired) electrons. The summed E-state index contributed by atoms with van der Waals surface area (Å²) in [5.74, 6) is 0. The maximum absolute atomic E-state index is 3.84. The fourth-order valence-corrected chi connectivity index (χ4v) is 1.49. The van der Waals surface area contributed by atoms with Crippen LogP contribution in [0.5, 0.6) is 0 Å². The summed E-state index contributed by atoms with van der Waals surface area (Å²) in [6, 6.07) is 0. The topological polar surface area (TPSA) is 0 Å². The average Bonchev–Trinajstić information content (AvgIpc) is 2.10. The first-order chi connectivity index (χ1) is 5.91. The Labute approximate surface area is 97.6 Å². The summed E-state index contributed by atoms with van der Waals surface area (Å²) in [6.07, 6.45) is 13.9. The fourth-order valence-electron chi connectivity index (χ4n) is 1.49. The van der Waals surface area contributed by atoms with Gasteiger partial charge in [0.1, 0.15) is 0 Å². The second-order valence-corrected chi connectivity index (χ2v) is 3.68. The van der Waals surface area contributed by atoms with Crippen molar-refractivity contribution in [3.05, 3.63) is 6.92 Å². The standard InChI is InChI=1S/C12H25.Ru/c1-3-5-7-9-11-12-10-8-6-4-2;/h1,3-12H2,2H3;/q-1;+1. The van der Waals surface area contributed by atoms with Gasteiger partial charge in [0, 0.05) is 0 Å². The molecule has 0 aromatic carbocycles. The van der Waals surface area contributed by atoms with E-state index >= 15 is 0 Å². The van der Waals surface area contributed by atoms with E-state index in [2.05, 4.69) is 13.8 Å². The van der Waals surface area contributed by atoms with Gasteiger partial charge in [-0.15, -0.1) is 0 Å². The zero-order chi connectivity index (χ0) is 9.07. The van der Waals surface area contributed by atoms with E-state index < -0.39 is 0 Å². The van der Waals surface area contributed by atoms with Gasteiger partial charge in [-0.3, -0.25) is 0 Å². The molecule has 0 aliphatic rings. The Kier molecular flexibility index (Phi) is 18.7. The molecule has 0 N–H and O–H groups in total. The Balaban J connectivity index is 0. The summed E-state index contributed by atoms with van der Waals surface area (Å²) in [5, 5.41) is 0. The van der Waals surface area contributed by atoms with Crippen LogP contribution in [0.1, 0.15) is 71.1 Å². The predicted molar refractivity (Wildman–Crippen MR) is 57.2 cm³/mol. The molecular weight excluding hydrogens is 245 g/mol. The maximum Gasteiger partial charge on any atom is 1.00 e. The maximum atomic E-state index is 3.84. The molecule has 0 fully saturated rings. The number of hydrogen-bond donors (Lipinski definition) is 0. The van der Waals surface area contributed by atoms with Gasteiger partial charge in [0.25, 0.3) is 0 Å². The Hall–Kier alpha value is 0.623. The monoisotopic (exact) mass is 271 g/mol. The fraction of sp³-hybridized carbons (Fsp3) is 0.917. The van der Waals surface area contributed by atoms with Crippen LogP contribution >= 0.6 is 0 Å². The van der Waals surface area contributed by atoms with Crippen LogP contribution in [0, 0.1) is 6.92 Å². The van der Waals surface area contributed by atoms with Crippen LogP contribution in [0.15, 0.2) is 0 Å². The molecule has 0 atom stereocenters. The van der Waals surface area contributed by atoms with Gasteiger partial charge in [0.05, 0.1) is 0 Å². The van der Waals surface area contributed by atoms with Crippen molar-refractivity contribution in [3.63, 3.8) is 0 Å². The van der Waals surface area contributed by atoms with Crippen molar-refractivity contribution in [1.82, 2.24) is 0 Å². The van der Waals surface area contributed by atoms with Gasteiger partial charge < -0.3 is 6.92 Å². The van der Waals surface area contributed by atoms with Crippen LogP contribution in [-0.4, -0.2) is 0 Å². The second kappa shape index (κ2) is 15.1. The third-order valence-corrected chi connectivity index (χ3v) is 2.35. The van der Waals surface area contributed by atoms with Gasteiger partial charge in [-0.25, -0.2) is 0 Å². The molecule has 0 amide bonds. The number of unbranched alkanes of at least 4 members (excludes halogenated alkanes) is 9. The Morgan fingerprint density at radius 1 is 0.692 bits per heavy atom.